The summed E-state index contributed by atoms with van der Waals surface area (Å²) in [5, 5.41) is 3.97. The summed E-state index contributed by atoms with van der Waals surface area (Å²) in [6.07, 6.45) is 2.07. The van der Waals surface area contributed by atoms with Crippen molar-refractivity contribution < 1.29 is 14.0 Å². The zero-order chi connectivity index (χ0) is 25.5. The van der Waals surface area contributed by atoms with Gasteiger partial charge in [0, 0.05) is 28.2 Å². The normalized spacial score (nSPS) is 11.8. The summed E-state index contributed by atoms with van der Waals surface area (Å²) < 4.78 is 15.4. The highest BCUT2D eigenvalue weighted by Crippen LogP contribution is 2.38. The number of ether oxygens (including phenoxy) is 2. The molecule has 6 rings (SSSR count). The molecule has 2 aromatic heterocycles. The highest BCUT2D eigenvalue weighted by atomic mass is 32.2. The van der Waals surface area contributed by atoms with E-state index in [-0.39, 0.29) is 5.56 Å². The fourth-order valence-corrected chi connectivity index (χ4v) is 6.35. The molecule has 4 aromatic carbocycles. The van der Waals surface area contributed by atoms with E-state index >= 15 is 0 Å². The Bertz CT molecular complexity index is 1810. The summed E-state index contributed by atoms with van der Waals surface area (Å²) >= 11 is 1.81. The summed E-state index contributed by atoms with van der Waals surface area (Å²) in [4.78, 5) is 15.3. The van der Waals surface area contributed by atoms with Crippen molar-refractivity contribution in [3.05, 3.63) is 88.7 Å². The van der Waals surface area contributed by atoms with Crippen LogP contribution in [0.1, 0.15) is 25.3 Å². The van der Waals surface area contributed by atoms with E-state index in [2.05, 4.69) is 54.0 Å². The van der Waals surface area contributed by atoms with Gasteiger partial charge in [0.1, 0.15) is 0 Å². The number of hydrogen-bond acceptors (Lipinski definition) is 4. The minimum atomic E-state index is -0.00854. The average molecular weight is 510 g/mol. The molecule has 0 aliphatic carbocycles. The summed E-state index contributed by atoms with van der Waals surface area (Å²) in [5.41, 5.74) is 4.00. The topological polar surface area (TPSA) is 43.8 Å². The Balaban J connectivity index is 1.67. The van der Waals surface area contributed by atoms with E-state index in [4.69, 9.17) is 9.47 Å². The van der Waals surface area contributed by atoms with E-state index in [1.807, 2.05) is 46.5 Å². The van der Waals surface area contributed by atoms with Crippen LogP contribution in [-0.2, 0) is 12.3 Å². The Morgan fingerprint density at radius 2 is 1.62 bits per heavy atom. The molecule has 37 heavy (non-hydrogen) atoms. The van der Waals surface area contributed by atoms with Crippen molar-refractivity contribution in [1.82, 2.24) is 4.40 Å². The quantitative estimate of drug-likeness (QED) is 0.171. The number of benzene rings is 4. The number of pyridine rings is 1. The minimum Gasteiger partial charge on any atom is -0.493 e. The standard InChI is InChI=1S/C31H29N2O3S/c1-4-5-16-32-24-17-26(35-2)27(36-3)18-25(24)33-30(32)22-14-15-28(37-19-20-10-7-6-8-11-20)21-12-9-13-23(29(21)22)31(33)34/h6-15,17-18H,4-5,16,19H2,1-3H3/q+1. The SMILES string of the molecule is CCCC[n+]1c2cc(OC)c(OC)cc2n2c(=O)c3cccc4c(SCc5ccccc5)ccc(c43)c21. The Hall–Kier alpha value is -3.77. The van der Waals surface area contributed by atoms with Crippen molar-refractivity contribution >= 4 is 50.0 Å². The third kappa shape index (κ3) is 3.78. The smallest absolute Gasteiger partial charge is 0.347 e. The first kappa shape index (κ1) is 23.6. The van der Waals surface area contributed by atoms with Crippen LogP contribution in [0.5, 0.6) is 11.5 Å². The predicted octanol–water partition coefficient (Wildman–Crippen LogP) is 6.59. The molecule has 0 N–H and O–H groups in total. The number of fused-ring (bicyclic) bond motifs is 4. The Morgan fingerprint density at radius 3 is 2.38 bits per heavy atom. The fourth-order valence-electron chi connectivity index (χ4n) is 5.34. The maximum atomic E-state index is 14.1. The molecule has 0 bridgehead atoms. The lowest BCUT2D eigenvalue weighted by Gasteiger charge is -2.10. The lowest BCUT2D eigenvalue weighted by Crippen LogP contribution is -2.34. The van der Waals surface area contributed by atoms with Crippen molar-refractivity contribution in [2.45, 2.75) is 37.0 Å². The number of unbranched alkanes of at least 4 members (excludes halogenated alkanes) is 1. The minimum absolute atomic E-state index is 0.00854. The summed E-state index contributed by atoms with van der Waals surface area (Å²) in [7, 11) is 3.27. The van der Waals surface area contributed by atoms with Crippen molar-refractivity contribution in [2.24, 2.45) is 0 Å². The number of thioether (sulfide) groups is 1. The molecule has 2 heterocycles. The highest BCUT2D eigenvalue weighted by Gasteiger charge is 2.28. The van der Waals surface area contributed by atoms with Crippen LogP contribution < -0.4 is 19.6 Å². The first-order valence-electron chi connectivity index (χ1n) is 12.6. The molecule has 0 amide bonds. The number of imidazole rings is 1. The first-order valence-corrected chi connectivity index (χ1v) is 13.6. The Labute approximate surface area is 219 Å². The Kier molecular flexibility index (Phi) is 6.13. The maximum absolute atomic E-state index is 14.1. The predicted molar refractivity (Wildman–Crippen MR) is 152 cm³/mol. The number of rotatable bonds is 8. The lowest BCUT2D eigenvalue weighted by molar-refractivity contribution is -0.645. The summed E-state index contributed by atoms with van der Waals surface area (Å²) in [6.45, 7) is 3.00. The van der Waals surface area contributed by atoms with Crippen LogP contribution in [0.3, 0.4) is 0 Å². The number of hydrogen-bond donors (Lipinski definition) is 0. The summed E-state index contributed by atoms with van der Waals surface area (Å²) in [6, 6.07) is 24.9. The van der Waals surface area contributed by atoms with Crippen molar-refractivity contribution in [1.29, 1.82) is 0 Å². The number of aryl methyl sites for hydroxylation is 1. The molecule has 0 aliphatic heterocycles. The molecule has 6 aromatic rings. The van der Waals surface area contributed by atoms with Gasteiger partial charge in [0.15, 0.2) is 22.5 Å². The molecule has 6 heteroatoms. The van der Waals surface area contributed by atoms with Gasteiger partial charge in [-0.15, -0.1) is 11.8 Å². The molecule has 0 spiro atoms. The maximum Gasteiger partial charge on any atom is 0.347 e. The van der Waals surface area contributed by atoms with Gasteiger partial charge in [-0.25, -0.2) is 9.36 Å². The molecule has 0 unspecified atom stereocenters. The molecule has 0 radical (unpaired) electrons. The second-order valence-corrected chi connectivity index (χ2v) is 10.3. The van der Waals surface area contributed by atoms with Gasteiger partial charge in [-0.05, 0) is 35.6 Å². The van der Waals surface area contributed by atoms with Crippen molar-refractivity contribution in [3.8, 4) is 11.5 Å². The van der Waals surface area contributed by atoms with E-state index in [1.165, 1.54) is 10.5 Å². The zero-order valence-corrected chi connectivity index (χ0v) is 22.1. The van der Waals surface area contributed by atoms with Gasteiger partial charge >= 0.3 is 5.56 Å². The Morgan fingerprint density at radius 1 is 0.865 bits per heavy atom. The van der Waals surface area contributed by atoms with Gasteiger partial charge in [-0.1, -0.05) is 55.8 Å². The van der Waals surface area contributed by atoms with Gasteiger partial charge < -0.3 is 9.47 Å². The molecule has 0 fully saturated rings. The van der Waals surface area contributed by atoms with Gasteiger partial charge in [0.2, 0.25) is 0 Å². The molecule has 0 saturated carbocycles. The van der Waals surface area contributed by atoms with Crippen LogP contribution in [0.25, 0.3) is 38.2 Å². The molecular weight excluding hydrogens is 480 g/mol. The van der Waals surface area contributed by atoms with E-state index < -0.39 is 0 Å². The number of aromatic nitrogens is 2. The summed E-state index contributed by atoms with van der Waals surface area (Å²) in [5.74, 6) is 2.15. The van der Waals surface area contributed by atoms with Gasteiger partial charge in [-0.2, -0.15) is 4.40 Å². The molecule has 5 nitrogen and oxygen atoms in total. The van der Waals surface area contributed by atoms with Crippen molar-refractivity contribution in [2.75, 3.05) is 14.2 Å². The first-order chi connectivity index (χ1) is 18.2. The number of methoxy groups -OCH3 is 2. The van der Waals surface area contributed by atoms with Crippen LogP contribution >= 0.6 is 11.8 Å². The van der Waals surface area contributed by atoms with E-state index in [0.29, 0.717) is 11.5 Å². The van der Waals surface area contributed by atoms with Crippen LogP contribution in [0.15, 0.2) is 82.5 Å². The van der Waals surface area contributed by atoms with E-state index in [9.17, 15) is 4.79 Å². The van der Waals surface area contributed by atoms with Gasteiger partial charge in [-0.3, -0.25) is 0 Å². The third-order valence-corrected chi connectivity index (χ3v) is 8.27. The fraction of sp³-hybridized carbons (Fsp3) is 0.226. The van der Waals surface area contributed by atoms with E-state index in [0.717, 1.165) is 63.4 Å². The lowest BCUT2D eigenvalue weighted by atomic mass is 10.0. The monoisotopic (exact) mass is 509 g/mol. The number of nitrogens with zero attached hydrogens (tertiary/aromatic N) is 2. The second kappa shape index (κ2) is 9.60. The molecule has 186 valence electrons. The van der Waals surface area contributed by atoms with Crippen LogP contribution in [0.4, 0.5) is 0 Å². The average Bonchev–Trinajstić information content (AvgIpc) is 3.26. The van der Waals surface area contributed by atoms with Crippen LogP contribution in [-0.4, -0.2) is 18.6 Å². The molecule has 0 saturated heterocycles. The zero-order valence-electron chi connectivity index (χ0n) is 21.3. The van der Waals surface area contributed by atoms with Gasteiger partial charge in [0.25, 0.3) is 5.65 Å². The second-order valence-electron chi connectivity index (χ2n) is 9.28. The van der Waals surface area contributed by atoms with Crippen molar-refractivity contribution in [3.63, 3.8) is 0 Å². The van der Waals surface area contributed by atoms with Crippen LogP contribution in [0, 0.1) is 0 Å². The highest BCUT2D eigenvalue weighted by molar-refractivity contribution is 7.98. The van der Waals surface area contributed by atoms with Crippen LogP contribution in [0.2, 0.25) is 0 Å². The third-order valence-electron chi connectivity index (χ3n) is 7.13. The van der Waals surface area contributed by atoms with Gasteiger partial charge in [0.05, 0.1) is 31.5 Å². The van der Waals surface area contributed by atoms with E-state index in [1.54, 1.807) is 14.2 Å². The largest absolute Gasteiger partial charge is 0.493 e. The molecule has 0 atom stereocenters. The molecule has 0 aliphatic rings. The molecular formula is C31H29N2O3S+.